The highest BCUT2D eigenvalue weighted by atomic mass is 16.3. The summed E-state index contributed by atoms with van der Waals surface area (Å²) in [5.74, 6) is 0.152. The number of benzene rings is 2. The van der Waals surface area contributed by atoms with Crippen molar-refractivity contribution in [3.63, 3.8) is 0 Å². The zero-order valence-corrected chi connectivity index (χ0v) is 18.2. The van der Waals surface area contributed by atoms with Crippen molar-refractivity contribution >= 4 is 11.6 Å². The molecule has 3 aliphatic carbocycles. The molecular formula is C27H29N3O2. The summed E-state index contributed by atoms with van der Waals surface area (Å²) in [6, 6.07) is 18.3. The highest BCUT2D eigenvalue weighted by molar-refractivity contribution is 5.95. The van der Waals surface area contributed by atoms with E-state index in [1.54, 1.807) is 0 Å². The van der Waals surface area contributed by atoms with Crippen molar-refractivity contribution in [2.75, 3.05) is 5.32 Å². The second-order valence-electron chi connectivity index (χ2n) is 10.0. The van der Waals surface area contributed by atoms with Crippen LogP contribution in [0.5, 0.6) is 0 Å². The molecule has 1 amide bonds. The number of fused-ring (bicyclic) bond motifs is 6. The number of para-hydroxylation sites is 1. The van der Waals surface area contributed by atoms with Crippen molar-refractivity contribution in [1.29, 1.82) is 0 Å². The van der Waals surface area contributed by atoms with Crippen LogP contribution in [0.25, 0.3) is 11.3 Å². The van der Waals surface area contributed by atoms with Crippen molar-refractivity contribution in [2.24, 2.45) is 10.8 Å². The lowest BCUT2D eigenvalue weighted by molar-refractivity contribution is -0.142. The molecule has 164 valence electrons. The third-order valence-electron chi connectivity index (χ3n) is 8.57. The fourth-order valence-electron chi connectivity index (χ4n) is 6.47. The molecular weight excluding hydrogens is 398 g/mol. The van der Waals surface area contributed by atoms with E-state index in [1.807, 2.05) is 42.9 Å². The average molecular weight is 428 g/mol. The molecule has 2 atom stereocenters. The first-order valence-electron chi connectivity index (χ1n) is 11.8. The number of hydrogen-bond acceptors (Lipinski definition) is 3. The van der Waals surface area contributed by atoms with Gasteiger partial charge in [0.05, 0.1) is 30.4 Å². The van der Waals surface area contributed by atoms with Crippen LogP contribution in [-0.4, -0.2) is 26.7 Å². The molecule has 2 aromatic carbocycles. The van der Waals surface area contributed by atoms with Crippen LogP contribution in [0.1, 0.15) is 56.6 Å². The number of aliphatic hydroxyl groups excluding tert-OH is 1. The smallest absolute Gasteiger partial charge is 0.230 e. The normalized spacial score (nSPS) is 28.7. The van der Waals surface area contributed by atoms with Crippen LogP contribution in [-0.2, 0) is 4.79 Å². The standard InChI is InChI=1S/C27H29N3O2/c31-24(16-22-20-8-4-5-9-21(20)23-17-28-18-30(22)23)26-10-13-27(14-11-26,15-12-26)25(32)29-19-6-2-1-3-7-19/h1-9,17-18,22,24,31H,10-16H2,(H,29,32). The number of nitrogens with zero attached hydrogens (tertiary/aromatic N) is 2. The van der Waals surface area contributed by atoms with Gasteiger partial charge in [0.15, 0.2) is 0 Å². The summed E-state index contributed by atoms with van der Waals surface area (Å²) in [6.45, 7) is 0. The molecule has 7 rings (SSSR count). The highest BCUT2D eigenvalue weighted by Crippen LogP contribution is 2.60. The molecule has 5 heteroatoms. The summed E-state index contributed by atoms with van der Waals surface area (Å²) < 4.78 is 2.22. The van der Waals surface area contributed by atoms with Gasteiger partial charge in [0, 0.05) is 16.7 Å². The predicted molar refractivity (Wildman–Crippen MR) is 124 cm³/mol. The first-order valence-corrected chi connectivity index (χ1v) is 11.8. The average Bonchev–Trinajstić information content (AvgIpc) is 3.43. The van der Waals surface area contributed by atoms with E-state index in [9.17, 15) is 9.90 Å². The Balaban J connectivity index is 1.18. The molecule has 2 N–H and O–H groups in total. The third-order valence-corrected chi connectivity index (χ3v) is 8.57. The number of aromatic nitrogens is 2. The fraction of sp³-hybridized carbons (Fsp3) is 0.407. The van der Waals surface area contributed by atoms with Gasteiger partial charge in [-0.1, -0.05) is 42.5 Å². The van der Waals surface area contributed by atoms with E-state index < -0.39 is 0 Å². The molecule has 3 fully saturated rings. The highest BCUT2D eigenvalue weighted by Gasteiger charge is 2.55. The molecule has 32 heavy (non-hydrogen) atoms. The lowest BCUT2D eigenvalue weighted by Crippen LogP contribution is -2.52. The number of hydrogen-bond donors (Lipinski definition) is 2. The Kier molecular flexibility index (Phi) is 4.51. The van der Waals surface area contributed by atoms with Crippen LogP contribution in [0.2, 0.25) is 0 Å². The lowest BCUT2D eigenvalue weighted by Gasteiger charge is -2.54. The molecule has 0 spiro atoms. The molecule has 1 aliphatic heterocycles. The fourth-order valence-corrected chi connectivity index (χ4v) is 6.47. The Bertz CT molecular complexity index is 1130. The molecule has 4 aliphatic rings. The van der Waals surface area contributed by atoms with Gasteiger partial charge in [-0.3, -0.25) is 4.79 Å². The van der Waals surface area contributed by atoms with Gasteiger partial charge < -0.3 is 15.0 Å². The predicted octanol–water partition coefficient (Wildman–Crippen LogP) is 5.18. The van der Waals surface area contributed by atoms with E-state index in [1.165, 1.54) is 11.1 Å². The van der Waals surface area contributed by atoms with Gasteiger partial charge in [-0.15, -0.1) is 0 Å². The Morgan fingerprint density at radius 3 is 2.47 bits per heavy atom. The van der Waals surface area contributed by atoms with Gasteiger partial charge in [0.2, 0.25) is 5.91 Å². The van der Waals surface area contributed by atoms with Crippen molar-refractivity contribution in [1.82, 2.24) is 9.55 Å². The summed E-state index contributed by atoms with van der Waals surface area (Å²) in [4.78, 5) is 17.5. The van der Waals surface area contributed by atoms with Gasteiger partial charge in [0.1, 0.15) is 0 Å². The number of rotatable bonds is 5. The molecule has 0 saturated heterocycles. The first-order chi connectivity index (χ1) is 15.6. The van der Waals surface area contributed by atoms with Gasteiger partial charge >= 0.3 is 0 Å². The summed E-state index contributed by atoms with van der Waals surface area (Å²) in [5, 5.41) is 14.7. The van der Waals surface area contributed by atoms with Gasteiger partial charge in [-0.05, 0) is 68.1 Å². The second kappa shape index (κ2) is 7.31. The summed E-state index contributed by atoms with van der Waals surface area (Å²) in [6.07, 6.45) is 9.47. The maximum Gasteiger partial charge on any atom is 0.230 e. The molecule has 5 nitrogen and oxygen atoms in total. The number of anilines is 1. The van der Waals surface area contributed by atoms with E-state index in [4.69, 9.17) is 0 Å². The van der Waals surface area contributed by atoms with Crippen LogP contribution < -0.4 is 5.32 Å². The Hall–Kier alpha value is -2.92. The summed E-state index contributed by atoms with van der Waals surface area (Å²) in [5.41, 5.74) is 4.15. The van der Waals surface area contributed by atoms with Crippen molar-refractivity contribution in [3.8, 4) is 11.3 Å². The minimum absolute atomic E-state index is 0.0763. The quantitative estimate of drug-likeness (QED) is 0.589. The summed E-state index contributed by atoms with van der Waals surface area (Å²) >= 11 is 0. The van der Waals surface area contributed by atoms with Gasteiger partial charge in [-0.25, -0.2) is 4.98 Å². The SMILES string of the molecule is O=C(Nc1ccccc1)C12CCC(C(O)CC3c4ccccc4-c4cncn43)(CC1)CC2. The monoisotopic (exact) mass is 427 g/mol. The zero-order valence-electron chi connectivity index (χ0n) is 18.2. The number of imidazole rings is 1. The Labute approximate surface area is 188 Å². The molecule has 2 heterocycles. The zero-order chi connectivity index (χ0) is 21.8. The van der Waals surface area contributed by atoms with Crippen molar-refractivity contribution in [2.45, 2.75) is 57.1 Å². The number of aliphatic hydroxyl groups is 1. The van der Waals surface area contributed by atoms with Crippen LogP contribution >= 0.6 is 0 Å². The number of carbonyl (C=O) groups is 1. The topological polar surface area (TPSA) is 67.2 Å². The molecule has 0 radical (unpaired) electrons. The maximum absolute atomic E-state index is 13.2. The molecule has 3 saturated carbocycles. The van der Waals surface area contributed by atoms with E-state index in [-0.39, 0.29) is 28.9 Å². The van der Waals surface area contributed by atoms with Crippen molar-refractivity contribution in [3.05, 3.63) is 72.7 Å². The van der Waals surface area contributed by atoms with E-state index in [0.29, 0.717) is 6.42 Å². The van der Waals surface area contributed by atoms with Crippen LogP contribution in [0.3, 0.4) is 0 Å². The molecule has 2 unspecified atom stereocenters. The van der Waals surface area contributed by atoms with E-state index >= 15 is 0 Å². The van der Waals surface area contributed by atoms with Crippen molar-refractivity contribution < 1.29 is 9.90 Å². The minimum atomic E-state index is -0.385. The molecule has 2 bridgehead atoms. The van der Waals surface area contributed by atoms with Gasteiger partial charge in [0.25, 0.3) is 0 Å². The van der Waals surface area contributed by atoms with E-state index in [0.717, 1.165) is 49.9 Å². The Morgan fingerprint density at radius 1 is 1.03 bits per heavy atom. The lowest BCUT2D eigenvalue weighted by atomic mass is 9.51. The summed E-state index contributed by atoms with van der Waals surface area (Å²) in [7, 11) is 0. The number of nitrogens with one attached hydrogen (secondary N) is 1. The third kappa shape index (κ3) is 2.95. The maximum atomic E-state index is 13.2. The Morgan fingerprint density at radius 2 is 1.72 bits per heavy atom. The molecule has 3 aromatic rings. The largest absolute Gasteiger partial charge is 0.392 e. The number of amides is 1. The second-order valence-corrected chi connectivity index (χ2v) is 10.0. The molecule has 1 aromatic heterocycles. The minimum Gasteiger partial charge on any atom is -0.392 e. The number of carbonyl (C=O) groups excluding carboxylic acids is 1. The van der Waals surface area contributed by atoms with Crippen LogP contribution in [0.4, 0.5) is 5.69 Å². The first kappa shape index (κ1) is 19.7. The van der Waals surface area contributed by atoms with Crippen LogP contribution in [0, 0.1) is 10.8 Å². The van der Waals surface area contributed by atoms with E-state index in [2.05, 4.69) is 39.1 Å². The van der Waals surface area contributed by atoms with Crippen LogP contribution in [0.15, 0.2) is 67.1 Å². The van der Waals surface area contributed by atoms with Gasteiger partial charge in [-0.2, -0.15) is 0 Å².